The van der Waals surface area contributed by atoms with Gasteiger partial charge in [0.2, 0.25) is 5.91 Å². The summed E-state index contributed by atoms with van der Waals surface area (Å²) in [5.74, 6) is -1.30. The summed E-state index contributed by atoms with van der Waals surface area (Å²) in [6.07, 6.45) is 2.79. The van der Waals surface area contributed by atoms with Crippen LogP contribution in [0.1, 0.15) is 18.1 Å². The van der Waals surface area contributed by atoms with Gasteiger partial charge >= 0.3 is 5.97 Å². The standard InChI is InChI=1S/C19H17ClFNO3/c1-2-25-19(24)11-8-13-6-9-14(10-7-13)22-18(23)12-15-16(20)4-3-5-17(15)21/h3-11H,2,12H2,1H3,(H,22,23). The number of halogens is 2. The van der Waals surface area contributed by atoms with Crippen LogP contribution in [-0.4, -0.2) is 18.5 Å². The molecule has 1 N–H and O–H groups in total. The summed E-state index contributed by atoms with van der Waals surface area (Å²) in [5.41, 5.74) is 1.50. The van der Waals surface area contributed by atoms with Crippen molar-refractivity contribution in [2.75, 3.05) is 11.9 Å². The number of nitrogens with one attached hydrogen (secondary N) is 1. The molecule has 0 atom stereocenters. The molecule has 0 aliphatic heterocycles. The van der Waals surface area contributed by atoms with E-state index in [1.807, 2.05) is 0 Å². The zero-order valence-electron chi connectivity index (χ0n) is 13.6. The Bertz CT molecular complexity index is 768. The van der Waals surface area contributed by atoms with Gasteiger partial charge in [0.1, 0.15) is 5.82 Å². The highest BCUT2D eigenvalue weighted by Crippen LogP contribution is 2.20. The van der Waals surface area contributed by atoms with Gasteiger partial charge in [0.15, 0.2) is 0 Å². The van der Waals surface area contributed by atoms with Crippen molar-refractivity contribution >= 4 is 35.2 Å². The van der Waals surface area contributed by atoms with Crippen LogP contribution in [0.4, 0.5) is 10.1 Å². The highest BCUT2D eigenvalue weighted by atomic mass is 35.5. The number of hydrogen-bond acceptors (Lipinski definition) is 3. The van der Waals surface area contributed by atoms with Crippen LogP contribution in [0.15, 0.2) is 48.5 Å². The third-order valence-corrected chi connectivity index (χ3v) is 3.65. The Labute approximate surface area is 150 Å². The van der Waals surface area contributed by atoms with Gasteiger partial charge in [-0.25, -0.2) is 9.18 Å². The molecule has 130 valence electrons. The monoisotopic (exact) mass is 361 g/mol. The Balaban J connectivity index is 1.97. The molecule has 0 saturated carbocycles. The second-order valence-corrected chi connectivity index (χ2v) is 5.54. The van der Waals surface area contributed by atoms with Gasteiger partial charge in [0.25, 0.3) is 0 Å². The van der Waals surface area contributed by atoms with Crippen LogP contribution < -0.4 is 5.32 Å². The topological polar surface area (TPSA) is 55.4 Å². The minimum Gasteiger partial charge on any atom is -0.463 e. The van der Waals surface area contributed by atoms with E-state index in [4.69, 9.17) is 16.3 Å². The molecule has 0 radical (unpaired) electrons. The van der Waals surface area contributed by atoms with Crippen molar-refractivity contribution in [3.8, 4) is 0 Å². The Morgan fingerprint density at radius 3 is 2.56 bits per heavy atom. The van der Waals surface area contributed by atoms with E-state index in [2.05, 4.69) is 5.32 Å². The van der Waals surface area contributed by atoms with Gasteiger partial charge in [-0.3, -0.25) is 4.79 Å². The first-order chi connectivity index (χ1) is 12.0. The molecule has 0 unspecified atom stereocenters. The molecule has 4 nitrogen and oxygen atoms in total. The van der Waals surface area contributed by atoms with Crippen molar-refractivity contribution in [2.24, 2.45) is 0 Å². The molecule has 2 aromatic rings. The summed E-state index contributed by atoms with van der Waals surface area (Å²) in [7, 11) is 0. The van der Waals surface area contributed by atoms with Crippen molar-refractivity contribution < 1.29 is 18.7 Å². The van der Waals surface area contributed by atoms with Crippen LogP contribution in [0, 0.1) is 5.82 Å². The van der Waals surface area contributed by atoms with Crippen molar-refractivity contribution in [2.45, 2.75) is 13.3 Å². The van der Waals surface area contributed by atoms with E-state index in [0.717, 1.165) is 5.56 Å². The predicted octanol–water partition coefficient (Wildman–Crippen LogP) is 4.24. The van der Waals surface area contributed by atoms with E-state index in [9.17, 15) is 14.0 Å². The molecule has 0 spiro atoms. The van der Waals surface area contributed by atoms with E-state index in [1.165, 1.54) is 24.3 Å². The fourth-order valence-electron chi connectivity index (χ4n) is 2.10. The van der Waals surface area contributed by atoms with E-state index in [-0.39, 0.29) is 22.9 Å². The number of amides is 1. The fourth-order valence-corrected chi connectivity index (χ4v) is 2.33. The Kier molecular flexibility index (Phi) is 6.71. The first kappa shape index (κ1) is 18.7. The van der Waals surface area contributed by atoms with Crippen LogP contribution in [0.2, 0.25) is 5.02 Å². The molecule has 1 amide bonds. The molecule has 25 heavy (non-hydrogen) atoms. The average Bonchev–Trinajstić information content (AvgIpc) is 2.58. The number of carbonyl (C=O) groups excluding carboxylic acids is 2. The van der Waals surface area contributed by atoms with Crippen LogP contribution >= 0.6 is 11.6 Å². The molecule has 0 heterocycles. The molecule has 0 aliphatic rings. The minimum atomic E-state index is -0.512. The maximum Gasteiger partial charge on any atom is 0.330 e. The molecule has 0 aliphatic carbocycles. The van der Waals surface area contributed by atoms with Gasteiger partial charge in [-0.2, -0.15) is 0 Å². The summed E-state index contributed by atoms with van der Waals surface area (Å²) >= 11 is 5.91. The van der Waals surface area contributed by atoms with Crippen LogP contribution in [-0.2, 0) is 20.7 Å². The summed E-state index contributed by atoms with van der Waals surface area (Å²) in [6.45, 7) is 2.05. The lowest BCUT2D eigenvalue weighted by atomic mass is 10.1. The smallest absolute Gasteiger partial charge is 0.330 e. The van der Waals surface area contributed by atoms with Gasteiger partial charge in [0.05, 0.1) is 13.0 Å². The normalized spacial score (nSPS) is 10.7. The van der Waals surface area contributed by atoms with Gasteiger partial charge in [-0.1, -0.05) is 29.8 Å². The van der Waals surface area contributed by atoms with Crippen LogP contribution in [0.5, 0.6) is 0 Å². The van der Waals surface area contributed by atoms with Crippen molar-refractivity contribution in [3.05, 3.63) is 70.5 Å². The third-order valence-electron chi connectivity index (χ3n) is 3.29. The van der Waals surface area contributed by atoms with Gasteiger partial charge in [-0.05, 0) is 42.8 Å². The molecule has 0 fully saturated rings. The summed E-state index contributed by atoms with van der Waals surface area (Å²) < 4.78 is 18.5. The second-order valence-electron chi connectivity index (χ2n) is 5.13. The van der Waals surface area contributed by atoms with E-state index < -0.39 is 11.8 Å². The van der Waals surface area contributed by atoms with Crippen molar-refractivity contribution in [1.29, 1.82) is 0 Å². The first-order valence-corrected chi connectivity index (χ1v) is 8.05. The SMILES string of the molecule is CCOC(=O)C=Cc1ccc(NC(=O)Cc2c(F)cccc2Cl)cc1. The average molecular weight is 362 g/mol. The number of esters is 1. The van der Waals surface area contributed by atoms with Crippen LogP contribution in [0.3, 0.4) is 0 Å². The molecule has 0 bridgehead atoms. The maximum absolute atomic E-state index is 13.7. The molecule has 2 aromatic carbocycles. The molecule has 2 rings (SSSR count). The van der Waals surface area contributed by atoms with Gasteiger partial charge < -0.3 is 10.1 Å². The Morgan fingerprint density at radius 1 is 1.20 bits per heavy atom. The largest absolute Gasteiger partial charge is 0.463 e. The number of benzene rings is 2. The number of hydrogen-bond donors (Lipinski definition) is 1. The number of ether oxygens (including phenoxy) is 1. The lowest BCUT2D eigenvalue weighted by Gasteiger charge is -2.08. The van der Waals surface area contributed by atoms with E-state index >= 15 is 0 Å². The molecule has 0 saturated heterocycles. The quantitative estimate of drug-likeness (QED) is 0.618. The van der Waals surface area contributed by atoms with Gasteiger partial charge in [0, 0.05) is 22.3 Å². The van der Waals surface area contributed by atoms with Crippen molar-refractivity contribution in [1.82, 2.24) is 0 Å². The first-order valence-electron chi connectivity index (χ1n) is 7.67. The lowest BCUT2D eigenvalue weighted by molar-refractivity contribution is -0.137. The van der Waals surface area contributed by atoms with E-state index in [0.29, 0.717) is 12.3 Å². The van der Waals surface area contributed by atoms with E-state index in [1.54, 1.807) is 37.3 Å². The number of carbonyl (C=O) groups is 2. The molecule has 0 aromatic heterocycles. The fraction of sp³-hybridized carbons (Fsp3) is 0.158. The third kappa shape index (κ3) is 5.72. The molecular formula is C19H17ClFNO3. The summed E-state index contributed by atoms with van der Waals surface area (Å²) in [4.78, 5) is 23.3. The van der Waals surface area contributed by atoms with Crippen molar-refractivity contribution in [3.63, 3.8) is 0 Å². The highest BCUT2D eigenvalue weighted by molar-refractivity contribution is 6.31. The van der Waals surface area contributed by atoms with Crippen LogP contribution in [0.25, 0.3) is 6.08 Å². The summed E-state index contributed by atoms with van der Waals surface area (Å²) in [5, 5.41) is 2.89. The summed E-state index contributed by atoms with van der Waals surface area (Å²) in [6, 6.07) is 11.1. The highest BCUT2D eigenvalue weighted by Gasteiger charge is 2.12. The molecule has 6 heteroatoms. The molecular weight excluding hydrogens is 345 g/mol. The Hall–Kier alpha value is -2.66. The zero-order valence-corrected chi connectivity index (χ0v) is 14.3. The predicted molar refractivity (Wildman–Crippen MR) is 95.9 cm³/mol. The number of rotatable bonds is 6. The second kappa shape index (κ2) is 8.99. The maximum atomic E-state index is 13.7. The minimum absolute atomic E-state index is 0.157. The lowest BCUT2D eigenvalue weighted by Crippen LogP contribution is -2.15. The van der Waals surface area contributed by atoms with Gasteiger partial charge in [-0.15, -0.1) is 0 Å². The number of anilines is 1. The Morgan fingerprint density at radius 2 is 1.92 bits per heavy atom. The zero-order chi connectivity index (χ0) is 18.2.